The Morgan fingerprint density at radius 2 is 2.24 bits per heavy atom. The lowest BCUT2D eigenvalue weighted by Crippen LogP contribution is -2.24. The van der Waals surface area contributed by atoms with Crippen LogP contribution in [0.2, 0.25) is 0 Å². The van der Waals surface area contributed by atoms with E-state index in [4.69, 9.17) is 4.74 Å². The Morgan fingerprint density at radius 3 is 2.76 bits per heavy atom. The highest BCUT2D eigenvalue weighted by molar-refractivity contribution is 9.10. The minimum atomic E-state index is -3.81. The zero-order valence-corrected chi connectivity index (χ0v) is 11.4. The Hall–Kier alpha value is -0.920. The third kappa shape index (κ3) is 3.27. The van der Waals surface area contributed by atoms with Crippen molar-refractivity contribution >= 4 is 26.0 Å². The molecule has 0 atom stereocenters. The van der Waals surface area contributed by atoms with E-state index >= 15 is 0 Å². The van der Waals surface area contributed by atoms with Crippen LogP contribution in [0.1, 0.15) is 0 Å². The van der Waals surface area contributed by atoms with Crippen molar-refractivity contribution in [2.24, 2.45) is 0 Å². The Balaban J connectivity index is 3.29. The summed E-state index contributed by atoms with van der Waals surface area (Å²) in [6.45, 7) is 3.45. The van der Waals surface area contributed by atoms with Gasteiger partial charge in [0.15, 0.2) is 0 Å². The number of ether oxygens (including phenoxy) is 1. The predicted octanol–water partition coefficient (Wildman–Crippen LogP) is 2.06. The summed E-state index contributed by atoms with van der Waals surface area (Å²) in [5, 5.41) is 0. The van der Waals surface area contributed by atoms with Crippen LogP contribution < -0.4 is 9.46 Å². The van der Waals surface area contributed by atoms with Gasteiger partial charge in [0.2, 0.25) is 10.0 Å². The Morgan fingerprint density at radius 1 is 1.59 bits per heavy atom. The molecule has 0 aliphatic heterocycles. The van der Waals surface area contributed by atoms with Gasteiger partial charge in [-0.25, -0.2) is 17.5 Å². The summed E-state index contributed by atoms with van der Waals surface area (Å²) < 4.78 is 44.2. The van der Waals surface area contributed by atoms with Crippen molar-refractivity contribution in [2.75, 3.05) is 13.7 Å². The van der Waals surface area contributed by atoms with E-state index in [2.05, 4.69) is 27.2 Å². The van der Waals surface area contributed by atoms with E-state index < -0.39 is 15.8 Å². The molecular formula is C10H11BrFNO3S. The van der Waals surface area contributed by atoms with Gasteiger partial charge in [0.1, 0.15) is 16.5 Å². The number of hydrogen-bond acceptors (Lipinski definition) is 3. The van der Waals surface area contributed by atoms with E-state index in [1.54, 1.807) is 0 Å². The van der Waals surface area contributed by atoms with Crippen LogP contribution in [0.25, 0.3) is 0 Å². The van der Waals surface area contributed by atoms with Crippen molar-refractivity contribution in [3.05, 3.63) is 35.1 Å². The minimum Gasteiger partial charge on any atom is -0.495 e. The van der Waals surface area contributed by atoms with Gasteiger partial charge >= 0.3 is 0 Å². The van der Waals surface area contributed by atoms with Crippen LogP contribution in [0.15, 0.2) is 34.2 Å². The Bertz CT molecular complexity index is 531. The molecule has 0 aliphatic carbocycles. The molecule has 17 heavy (non-hydrogen) atoms. The SMILES string of the molecule is C=CCNS(=O)(=O)c1cc(F)c(Br)cc1OC. The summed E-state index contributed by atoms with van der Waals surface area (Å²) in [5.74, 6) is -0.611. The molecule has 0 spiro atoms. The first-order valence-electron chi connectivity index (χ1n) is 4.56. The van der Waals surface area contributed by atoms with Crippen LogP contribution in [0, 0.1) is 5.82 Å². The second-order valence-electron chi connectivity index (χ2n) is 3.06. The standard InChI is InChI=1S/C10H11BrFNO3S/c1-3-4-13-17(14,15)10-6-8(12)7(11)5-9(10)16-2/h3,5-6,13H,1,4H2,2H3. The van der Waals surface area contributed by atoms with Gasteiger partial charge in [0.05, 0.1) is 11.6 Å². The number of nitrogens with one attached hydrogen (secondary N) is 1. The van der Waals surface area contributed by atoms with Gasteiger partial charge < -0.3 is 4.74 Å². The summed E-state index contributed by atoms with van der Waals surface area (Å²) in [6.07, 6.45) is 1.39. The number of benzene rings is 1. The zero-order chi connectivity index (χ0) is 13.1. The zero-order valence-electron chi connectivity index (χ0n) is 9.04. The maximum Gasteiger partial charge on any atom is 0.244 e. The second kappa shape index (κ2) is 5.61. The van der Waals surface area contributed by atoms with E-state index in [1.165, 1.54) is 19.3 Å². The monoisotopic (exact) mass is 323 g/mol. The molecule has 0 aromatic heterocycles. The summed E-state index contributed by atoms with van der Waals surface area (Å²) in [7, 11) is -2.50. The first-order valence-corrected chi connectivity index (χ1v) is 6.83. The summed E-state index contributed by atoms with van der Waals surface area (Å²) >= 11 is 2.95. The van der Waals surface area contributed by atoms with Crippen molar-refractivity contribution in [2.45, 2.75) is 4.90 Å². The van der Waals surface area contributed by atoms with Crippen molar-refractivity contribution < 1.29 is 17.5 Å². The van der Waals surface area contributed by atoms with Crippen molar-refractivity contribution in [3.63, 3.8) is 0 Å². The lowest BCUT2D eigenvalue weighted by atomic mass is 10.3. The first-order chi connectivity index (χ1) is 7.92. The van der Waals surface area contributed by atoms with Crippen molar-refractivity contribution in [3.8, 4) is 5.75 Å². The fourth-order valence-corrected chi connectivity index (χ4v) is 2.61. The molecule has 94 valence electrons. The molecule has 0 saturated heterocycles. The number of halogens is 2. The molecule has 1 aromatic rings. The number of methoxy groups -OCH3 is 1. The van der Waals surface area contributed by atoms with Gasteiger partial charge in [-0.2, -0.15) is 0 Å². The predicted molar refractivity (Wildman–Crippen MR) is 66.0 cm³/mol. The van der Waals surface area contributed by atoms with E-state index in [-0.39, 0.29) is 21.7 Å². The topological polar surface area (TPSA) is 55.4 Å². The minimum absolute atomic E-state index is 0.0587. The highest BCUT2D eigenvalue weighted by Gasteiger charge is 2.21. The summed E-state index contributed by atoms with van der Waals surface area (Å²) in [5.41, 5.74) is 0. The van der Waals surface area contributed by atoms with Crippen molar-refractivity contribution in [1.82, 2.24) is 4.72 Å². The second-order valence-corrected chi connectivity index (χ2v) is 5.65. The lowest BCUT2D eigenvalue weighted by Gasteiger charge is -2.10. The van der Waals surface area contributed by atoms with Crippen LogP contribution in [-0.4, -0.2) is 22.1 Å². The molecule has 0 unspecified atom stereocenters. The van der Waals surface area contributed by atoms with Crippen LogP contribution in [0.3, 0.4) is 0 Å². The highest BCUT2D eigenvalue weighted by atomic mass is 79.9. The van der Waals surface area contributed by atoms with Gasteiger partial charge in [0.25, 0.3) is 0 Å². The van der Waals surface area contributed by atoms with Crippen molar-refractivity contribution in [1.29, 1.82) is 0 Å². The normalized spacial score (nSPS) is 11.2. The molecule has 0 aliphatic rings. The van der Waals surface area contributed by atoms with E-state index in [9.17, 15) is 12.8 Å². The number of hydrogen-bond donors (Lipinski definition) is 1. The maximum absolute atomic E-state index is 13.3. The quantitative estimate of drug-likeness (QED) is 0.844. The molecule has 1 aromatic carbocycles. The molecule has 0 bridgehead atoms. The molecule has 0 radical (unpaired) electrons. The Kier molecular flexibility index (Phi) is 4.67. The molecule has 7 heteroatoms. The third-order valence-electron chi connectivity index (χ3n) is 1.91. The molecule has 0 heterocycles. The van der Waals surface area contributed by atoms with E-state index in [0.29, 0.717) is 0 Å². The van der Waals surface area contributed by atoms with Crippen LogP contribution in [-0.2, 0) is 10.0 Å². The van der Waals surface area contributed by atoms with Crippen LogP contribution in [0.5, 0.6) is 5.75 Å². The molecule has 0 saturated carbocycles. The van der Waals surface area contributed by atoms with Gasteiger partial charge in [-0.15, -0.1) is 6.58 Å². The summed E-state index contributed by atoms with van der Waals surface area (Å²) in [4.78, 5) is -0.248. The molecule has 0 fully saturated rings. The number of sulfonamides is 1. The average Bonchev–Trinajstić information content (AvgIpc) is 2.29. The summed E-state index contributed by atoms with van der Waals surface area (Å²) in [6, 6.07) is 2.16. The number of rotatable bonds is 5. The molecule has 1 rings (SSSR count). The van der Waals surface area contributed by atoms with Crippen LogP contribution >= 0.6 is 15.9 Å². The highest BCUT2D eigenvalue weighted by Crippen LogP contribution is 2.29. The van der Waals surface area contributed by atoms with Gasteiger partial charge in [-0.1, -0.05) is 6.08 Å². The molecule has 4 nitrogen and oxygen atoms in total. The van der Waals surface area contributed by atoms with Gasteiger partial charge in [-0.05, 0) is 28.1 Å². The Labute approximate surface area is 108 Å². The lowest BCUT2D eigenvalue weighted by molar-refractivity contribution is 0.400. The fraction of sp³-hybridized carbons (Fsp3) is 0.200. The molecular weight excluding hydrogens is 313 g/mol. The molecule has 1 N–H and O–H groups in total. The molecule has 0 amide bonds. The van der Waals surface area contributed by atoms with Crippen LogP contribution in [0.4, 0.5) is 4.39 Å². The first kappa shape index (κ1) is 14.1. The van der Waals surface area contributed by atoms with E-state index in [0.717, 1.165) is 6.07 Å². The maximum atomic E-state index is 13.3. The van der Waals surface area contributed by atoms with Gasteiger partial charge in [0, 0.05) is 6.54 Å². The third-order valence-corrected chi connectivity index (χ3v) is 3.97. The largest absolute Gasteiger partial charge is 0.495 e. The van der Waals surface area contributed by atoms with E-state index in [1.807, 2.05) is 0 Å². The smallest absolute Gasteiger partial charge is 0.244 e. The van der Waals surface area contributed by atoms with Gasteiger partial charge in [-0.3, -0.25) is 0 Å². The fourth-order valence-electron chi connectivity index (χ4n) is 1.13. The average molecular weight is 324 g/mol.